The molecule has 12 heavy (non-hydrogen) atoms. The van der Waals surface area contributed by atoms with Gasteiger partial charge in [-0.3, -0.25) is 0 Å². The number of allylic oxidation sites excluding steroid dienone is 10. The first kappa shape index (κ1) is 7.35. The summed E-state index contributed by atoms with van der Waals surface area (Å²) < 4.78 is 0. The average Bonchev–Trinajstić information content (AvgIpc) is 2.06. The summed E-state index contributed by atoms with van der Waals surface area (Å²) in [5.74, 6) is 1.10. The van der Waals surface area contributed by atoms with Crippen LogP contribution in [0.3, 0.4) is 0 Å². The normalized spacial score (nSPS) is 36.7. The van der Waals surface area contributed by atoms with Crippen LogP contribution in [0, 0.1) is 11.8 Å². The third kappa shape index (κ3) is 1.48. The topological polar surface area (TPSA) is 0 Å². The first-order valence-electron chi connectivity index (χ1n) is 4.33. The summed E-state index contributed by atoms with van der Waals surface area (Å²) in [6, 6.07) is 0. The van der Waals surface area contributed by atoms with Gasteiger partial charge in [-0.25, -0.2) is 0 Å². The van der Waals surface area contributed by atoms with E-state index >= 15 is 0 Å². The maximum Gasteiger partial charge on any atom is 0.00506 e. The summed E-state index contributed by atoms with van der Waals surface area (Å²) in [6.45, 7) is 0. The van der Waals surface area contributed by atoms with Gasteiger partial charge in [-0.05, 0) is 0 Å². The van der Waals surface area contributed by atoms with E-state index in [1.54, 1.807) is 0 Å². The van der Waals surface area contributed by atoms with E-state index in [4.69, 9.17) is 0 Å². The highest BCUT2D eigenvalue weighted by Crippen LogP contribution is 2.23. The molecule has 0 heterocycles. The number of hydrogen-bond acceptors (Lipinski definition) is 0. The zero-order valence-electron chi connectivity index (χ0n) is 6.93. The number of rotatable bonds is 0. The highest BCUT2D eigenvalue weighted by Gasteiger charge is 2.12. The van der Waals surface area contributed by atoms with Gasteiger partial charge in [0.05, 0.1) is 0 Å². The van der Waals surface area contributed by atoms with Crippen LogP contribution < -0.4 is 0 Å². The molecule has 2 aliphatic carbocycles. The molecule has 0 spiro atoms. The summed E-state index contributed by atoms with van der Waals surface area (Å²) in [5.41, 5.74) is 0. The van der Waals surface area contributed by atoms with Gasteiger partial charge in [-0.15, -0.1) is 0 Å². The lowest BCUT2D eigenvalue weighted by Gasteiger charge is -2.17. The van der Waals surface area contributed by atoms with Crippen LogP contribution in [0.15, 0.2) is 60.8 Å². The molecule has 0 saturated carbocycles. The Morgan fingerprint density at radius 3 is 1.17 bits per heavy atom. The van der Waals surface area contributed by atoms with E-state index in [-0.39, 0.29) is 0 Å². The quantitative estimate of drug-likeness (QED) is 0.505. The Labute approximate surface area is 73.3 Å². The minimum atomic E-state index is 0.552. The Hall–Kier alpha value is -1.30. The Bertz CT molecular complexity index is 257. The second kappa shape index (κ2) is 3.40. The molecule has 2 aliphatic rings. The van der Waals surface area contributed by atoms with Gasteiger partial charge in [0.25, 0.3) is 0 Å². The van der Waals surface area contributed by atoms with Gasteiger partial charge in [0.1, 0.15) is 0 Å². The Morgan fingerprint density at radius 2 is 0.750 bits per heavy atom. The van der Waals surface area contributed by atoms with Crippen molar-refractivity contribution in [1.29, 1.82) is 0 Å². The summed E-state index contributed by atoms with van der Waals surface area (Å²) >= 11 is 0. The average molecular weight is 156 g/mol. The van der Waals surface area contributed by atoms with Crippen LogP contribution in [-0.2, 0) is 0 Å². The van der Waals surface area contributed by atoms with E-state index < -0.39 is 0 Å². The van der Waals surface area contributed by atoms with Gasteiger partial charge < -0.3 is 0 Å². The molecule has 0 radical (unpaired) electrons. The van der Waals surface area contributed by atoms with Gasteiger partial charge in [0.15, 0.2) is 0 Å². The number of hydrogen-bond donors (Lipinski definition) is 0. The predicted octanol–water partition coefficient (Wildman–Crippen LogP) is 3.03. The molecule has 0 amide bonds. The molecule has 2 atom stereocenters. The molecule has 0 aliphatic heterocycles. The molecule has 0 N–H and O–H groups in total. The second-order valence-corrected chi connectivity index (χ2v) is 3.08. The molecule has 0 aromatic heterocycles. The summed E-state index contributed by atoms with van der Waals surface area (Å²) in [7, 11) is 0. The number of fused-ring (bicyclic) bond motifs is 1. The molecule has 0 fully saturated rings. The van der Waals surface area contributed by atoms with Gasteiger partial charge in [0.2, 0.25) is 0 Å². The Morgan fingerprint density at radius 1 is 0.417 bits per heavy atom. The second-order valence-electron chi connectivity index (χ2n) is 3.08. The lowest BCUT2D eigenvalue weighted by Crippen LogP contribution is -2.07. The van der Waals surface area contributed by atoms with Gasteiger partial charge in [-0.2, -0.15) is 0 Å². The minimum absolute atomic E-state index is 0.552. The van der Waals surface area contributed by atoms with Crippen LogP contribution in [0.2, 0.25) is 0 Å². The fraction of sp³-hybridized carbons (Fsp3) is 0.167. The maximum atomic E-state index is 2.24. The summed E-state index contributed by atoms with van der Waals surface area (Å²) in [6.07, 6.45) is 21.6. The van der Waals surface area contributed by atoms with Crippen molar-refractivity contribution in [2.24, 2.45) is 11.8 Å². The molecule has 0 aromatic rings. The zero-order valence-corrected chi connectivity index (χ0v) is 6.93. The van der Waals surface area contributed by atoms with E-state index in [1.807, 2.05) is 0 Å². The highest BCUT2D eigenvalue weighted by atomic mass is 14.2. The molecule has 0 unspecified atom stereocenters. The van der Waals surface area contributed by atoms with Crippen molar-refractivity contribution in [3.8, 4) is 0 Å². The van der Waals surface area contributed by atoms with Crippen molar-refractivity contribution >= 4 is 0 Å². The van der Waals surface area contributed by atoms with Gasteiger partial charge >= 0.3 is 0 Å². The third-order valence-electron chi connectivity index (χ3n) is 2.22. The van der Waals surface area contributed by atoms with Crippen molar-refractivity contribution in [2.75, 3.05) is 0 Å². The van der Waals surface area contributed by atoms with E-state index in [1.165, 1.54) is 0 Å². The first-order valence-corrected chi connectivity index (χ1v) is 4.33. The molecule has 0 bridgehead atoms. The molecular formula is C12H12. The van der Waals surface area contributed by atoms with E-state index in [2.05, 4.69) is 60.8 Å². The maximum absolute atomic E-state index is 2.24. The van der Waals surface area contributed by atoms with Crippen LogP contribution in [0.25, 0.3) is 0 Å². The van der Waals surface area contributed by atoms with Crippen LogP contribution in [-0.4, -0.2) is 0 Å². The Balaban J connectivity index is 2.28. The molecule has 2 rings (SSSR count). The third-order valence-corrected chi connectivity index (χ3v) is 2.22. The molecule has 0 aromatic carbocycles. The summed E-state index contributed by atoms with van der Waals surface area (Å²) in [5, 5.41) is 0. The molecule has 0 saturated heterocycles. The van der Waals surface area contributed by atoms with E-state index in [0.29, 0.717) is 11.8 Å². The standard InChI is InChI=1S/C12H12/c1-2-4-8-12-10-6-5-9-11(12)7-3-1/h1-12H/b2-1-,7-3-,8-4?/t11-,12-/m0/s1. The van der Waals surface area contributed by atoms with Crippen molar-refractivity contribution in [3.63, 3.8) is 0 Å². The van der Waals surface area contributed by atoms with Crippen molar-refractivity contribution < 1.29 is 0 Å². The van der Waals surface area contributed by atoms with E-state index in [0.717, 1.165) is 0 Å². The van der Waals surface area contributed by atoms with Crippen LogP contribution in [0.5, 0.6) is 0 Å². The van der Waals surface area contributed by atoms with Crippen LogP contribution in [0.1, 0.15) is 0 Å². The van der Waals surface area contributed by atoms with Gasteiger partial charge in [-0.1, -0.05) is 60.8 Å². The summed E-state index contributed by atoms with van der Waals surface area (Å²) in [4.78, 5) is 0. The van der Waals surface area contributed by atoms with Crippen molar-refractivity contribution in [2.45, 2.75) is 0 Å². The lowest BCUT2D eigenvalue weighted by molar-refractivity contribution is 0.667. The SMILES string of the molecule is C1=C[C@@H]2C=C/C=C\C=C/[C@H]2C=C1. The fourth-order valence-electron chi connectivity index (χ4n) is 1.54. The minimum Gasteiger partial charge on any atom is -0.0767 e. The lowest BCUT2D eigenvalue weighted by atomic mass is 9.87. The fourth-order valence-corrected chi connectivity index (χ4v) is 1.54. The smallest absolute Gasteiger partial charge is 0.00506 e. The molecular weight excluding hydrogens is 144 g/mol. The predicted molar refractivity (Wildman–Crippen MR) is 52.7 cm³/mol. The first-order chi connectivity index (χ1) is 5.97. The Kier molecular flexibility index (Phi) is 2.08. The van der Waals surface area contributed by atoms with Gasteiger partial charge in [0, 0.05) is 11.8 Å². The highest BCUT2D eigenvalue weighted by molar-refractivity contribution is 5.27. The van der Waals surface area contributed by atoms with Crippen LogP contribution >= 0.6 is 0 Å². The molecule has 0 heteroatoms. The monoisotopic (exact) mass is 156 g/mol. The van der Waals surface area contributed by atoms with Crippen LogP contribution in [0.4, 0.5) is 0 Å². The van der Waals surface area contributed by atoms with E-state index in [9.17, 15) is 0 Å². The molecule has 0 nitrogen and oxygen atoms in total. The largest absolute Gasteiger partial charge is 0.0767 e. The van der Waals surface area contributed by atoms with Crippen molar-refractivity contribution in [1.82, 2.24) is 0 Å². The zero-order chi connectivity index (χ0) is 8.23. The molecule has 60 valence electrons. The van der Waals surface area contributed by atoms with Crippen molar-refractivity contribution in [3.05, 3.63) is 60.8 Å².